The lowest BCUT2D eigenvalue weighted by atomic mass is 9.93. The number of esters is 1. The lowest BCUT2D eigenvalue weighted by molar-refractivity contribution is -0.144. The van der Waals surface area contributed by atoms with Crippen molar-refractivity contribution >= 4 is 17.8 Å². The van der Waals surface area contributed by atoms with Gasteiger partial charge in [0, 0.05) is 13.1 Å². The van der Waals surface area contributed by atoms with Gasteiger partial charge in [0.15, 0.2) is 0 Å². The summed E-state index contributed by atoms with van der Waals surface area (Å²) in [6, 6.07) is 15.2. The Bertz CT molecular complexity index is 962. The number of hydrogen-bond acceptors (Lipinski definition) is 4. The third kappa shape index (κ3) is 6.17. The second-order valence-corrected chi connectivity index (χ2v) is 8.98. The lowest BCUT2D eigenvalue weighted by Gasteiger charge is -2.24. The van der Waals surface area contributed by atoms with Gasteiger partial charge in [-0.25, -0.2) is 4.79 Å². The van der Waals surface area contributed by atoms with Crippen LogP contribution in [0.15, 0.2) is 48.5 Å². The number of amides is 1. The minimum Gasteiger partial charge on any atom is -0.481 e. The summed E-state index contributed by atoms with van der Waals surface area (Å²) in [5.41, 5.74) is 2.68. The molecule has 1 aliphatic rings. The highest BCUT2D eigenvalue weighted by molar-refractivity contribution is 5.90. The van der Waals surface area contributed by atoms with E-state index in [2.05, 4.69) is 0 Å². The van der Waals surface area contributed by atoms with Gasteiger partial charge in [-0.3, -0.25) is 9.59 Å². The highest BCUT2D eigenvalue weighted by Crippen LogP contribution is 2.27. The minimum absolute atomic E-state index is 0.159. The van der Waals surface area contributed by atoms with E-state index in [0.29, 0.717) is 31.5 Å². The Hall–Kier alpha value is -3.15. The number of carbonyl (C=O) groups excluding carboxylic acids is 2. The summed E-state index contributed by atoms with van der Waals surface area (Å²) < 4.78 is 5.46. The van der Waals surface area contributed by atoms with E-state index >= 15 is 0 Å². The van der Waals surface area contributed by atoms with Crippen LogP contribution in [0, 0.1) is 5.92 Å². The molecule has 0 spiro atoms. The number of benzene rings is 2. The van der Waals surface area contributed by atoms with Crippen LogP contribution in [0.25, 0.3) is 0 Å². The first-order chi connectivity index (χ1) is 14.6. The molecule has 6 nitrogen and oxygen atoms in total. The van der Waals surface area contributed by atoms with Gasteiger partial charge in [-0.05, 0) is 62.4 Å². The minimum atomic E-state index is -1.01. The molecule has 31 heavy (non-hydrogen) atoms. The molecular weight excluding hydrogens is 394 g/mol. The van der Waals surface area contributed by atoms with Gasteiger partial charge in [0.25, 0.3) is 0 Å². The van der Waals surface area contributed by atoms with Crippen molar-refractivity contribution in [2.75, 3.05) is 6.54 Å². The van der Waals surface area contributed by atoms with Gasteiger partial charge in [-0.1, -0.05) is 36.4 Å². The number of hydrogen-bond donors (Lipinski definition) is 1. The molecule has 6 heteroatoms. The van der Waals surface area contributed by atoms with E-state index in [0.717, 1.165) is 16.7 Å². The zero-order valence-electron chi connectivity index (χ0n) is 18.3. The number of fused-ring (bicyclic) bond motifs is 1. The van der Waals surface area contributed by atoms with Gasteiger partial charge in [0.2, 0.25) is 5.91 Å². The molecule has 0 aliphatic carbocycles. The van der Waals surface area contributed by atoms with Gasteiger partial charge < -0.3 is 14.7 Å². The van der Waals surface area contributed by atoms with E-state index in [1.807, 2.05) is 36.4 Å². The monoisotopic (exact) mass is 423 g/mol. The quantitative estimate of drug-likeness (QED) is 0.714. The first-order valence-electron chi connectivity index (χ1n) is 10.5. The van der Waals surface area contributed by atoms with Gasteiger partial charge in [0.1, 0.15) is 5.60 Å². The van der Waals surface area contributed by atoms with Gasteiger partial charge in [0.05, 0.1) is 17.9 Å². The average molecular weight is 424 g/mol. The van der Waals surface area contributed by atoms with Gasteiger partial charge in [-0.15, -0.1) is 0 Å². The second-order valence-electron chi connectivity index (χ2n) is 8.98. The Labute approximate surface area is 182 Å². The SMILES string of the molecule is CC(C)(C)OC(=O)c1ccc2c(c1)C[C@@H](CC(=O)O)C(=O)N(CCc1ccccc1)C2. The summed E-state index contributed by atoms with van der Waals surface area (Å²) in [6.07, 6.45) is 0.743. The maximum absolute atomic E-state index is 13.1. The van der Waals surface area contributed by atoms with Crippen molar-refractivity contribution in [2.24, 2.45) is 5.92 Å². The van der Waals surface area contributed by atoms with Crippen LogP contribution in [0.5, 0.6) is 0 Å². The molecule has 1 atom stereocenters. The predicted octanol–water partition coefficient (Wildman–Crippen LogP) is 3.86. The summed E-state index contributed by atoms with van der Waals surface area (Å²) in [6.45, 7) is 6.32. The molecule has 1 aliphatic heterocycles. The fraction of sp³-hybridized carbons (Fsp3) is 0.400. The van der Waals surface area contributed by atoms with Crippen molar-refractivity contribution in [1.29, 1.82) is 0 Å². The molecule has 2 aromatic carbocycles. The van der Waals surface area contributed by atoms with Crippen molar-refractivity contribution in [3.05, 3.63) is 70.8 Å². The highest BCUT2D eigenvalue weighted by atomic mass is 16.6. The van der Waals surface area contributed by atoms with Crippen LogP contribution >= 0.6 is 0 Å². The van der Waals surface area contributed by atoms with Crippen molar-refractivity contribution < 1.29 is 24.2 Å². The number of carbonyl (C=O) groups is 3. The van der Waals surface area contributed by atoms with Crippen LogP contribution in [-0.4, -0.2) is 40.0 Å². The van der Waals surface area contributed by atoms with Crippen LogP contribution in [0.2, 0.25) is 0 Å². The molecule has 0 unspecified atom stereocenters. The van der Waals surface area contributed by atoms with Crippen molar-refractivity contribution in [3.63, 3.8) is 0 Å². The number of aliphatic carboxylic acids is 1. The number of carboxylic acid groups (broad SMARTS) is 1. The first-order valence-corrected chi connectivity index (χ1v) is 10.5. The standard InChI is InChI=1S/C25H29NO5/c1-25(2,3)31-24(30)18-9-10-19-16-26(12-11-17-7-5-4-6-8-17)23(29)21(15-22(27)28)14-20(19)13-18/h4-10,13,21H,11-12,14-16H2,1-3H3,(H,27,28)/t21-/m0/s1. The lowest BCUT2D eigenvalue weighted by Crippen LogP contribution is -2.37. The number of ether oxygens (including phenoxy) is 1. The molecule has 0 fully saturated rings. The number of carboxylic acids is 1. The largest absolute Gasteiger partial charge is 0.481 e. The molecule has 1 N–H and O–H groups in total. The summed E-state index contributed by atoms with van der Waals surface area (Å²) in [4.78, 5) is 38.8. The number of rotatable bonds is 6. The normalized spacial score (nSPS) is 16.4. The maximum Gasteiger partial charge on any atom is 0.338 e. The first kappa shape index (κ1) is 22.5. The Kier molecular flexibility index (Phi) is 6.78. The maximum atomic E-state index is 13.1. The molecule has 2 aromatic rings. The molecule has 164 valence electrons. The molecule has 3 rings (SSSR count). The smallest absolute Gasteiger partial charge is 0.338 e. The summed E-state index contributed by atoms with van der Waals surface area (Å²) >= 11 is 0. The second kappa shape index (κ2) is 9.33. The summed E-state index contributed by atoms with van der Waals surface area (Å²) in [5.74, 6) is -2.26. The van der Waals surface area contributed by atoms with E-state index < -0.39 is 23.5 Å². The Morgan fingerprint density at radius 2 is 1.81 bits per heavy atom. The average Bonchev–Trinajstić information content (AvgIpc) is 2.82. The Morgan fingerprint density at radius 1 is 1.10 bits per heavy atom. The summed E-state index contributed by atoms with van der Waals surface area (Å²) in [7, 11) is 0. The van der Waals surface area contributed by atoms with Gasteiger partial charge >= 0.3 is 11.9 Å². The Morgan fingerprint density at radius 3 is 2.45 bits per heavy atom. The fourth-order valence-corrected chi connectivity index (χ4v) is 3.80. The molecule has 0 aromatic heterocycles. The predicted molar refractivity (Wildman–Crippen MR) is 117 cm³/mol. The van der Waals surface area contributed by atoms with E-state index in [9.17, 15) is 19.5 Å². The molecule has 0 bridgehead atoms. The van der Waals surface area contributed by atoms with Crippen molar-refractivity contribution in [3.8, 4) is 0 Å². The highest BCUT2D eigenvalue weighted by Gasteiger charge is 2.31. The summed E-state index contributed by atoms with van der Waals surface area (Å²) in [5, 5.41) is 9.34. The van der Waals surface area contributed by atoms with Crippen LogP contribution in [-0.2, 0) is 33.7 Å². The zero-order chi connectivity index (χ0) is 22.6. The van der Waals surface area contributed by atoms with Crippen LogP contribution in [0.4, 0.5) is 0 Å². The van der Waals surface area contributed by atoms with E-state index in [1.54, 1.807) is 37.8 Å². The fourth-order valence-electron chi connectivity index (χ4n) is 3.80. The molecular formula is C25H29NO5. The Balaban J connectivity index is 1.86. The van der Waals surface area contributed by atoms with Crippen LogP contribution < -0.4 is 0 Å². The van der Waals surface area contributed by atoms with E-state index in [-0.39, 0.29) is 12.3 Å². The van der Waals surface area contributed by atoms with E-state index in [1.165, 1.54) is 0 Å². The third-order valence-corrected chi connectivity index (χ3v) is 5.26. The van der Waals surface area contributed by atoms with Crippen LogP contribution in [0.3, 0.4) is 0 Å². The van der Waals surface area contributed by atoms with E-state index in [4.69, 9.17) is 4.74 Å². The molecule has 0 radical (unpaired) electrons. The van der Waals surface area contributed by atoms with Crippen LogP contribution in [0.1, 0.15) is 54.2 Å². The topological polar surface area (TPSA) is 83.9 Å². The van der Waals surface area contributed by atoms with Gasteiger partial charge in [-0.2, -0.15) is 0 Å². The number of nitrogens with zero attached hydrogens (tertiary/aromatic N) is 1. The molecule has 0 saturated carbocycles. The molecule has 1 heterocycles. The molecule has 0 saturated heterocycles. The van der Waals surface area contributed by atoms with Crippen molar-refractivity contribution in [1.82, 2.24) is 4.90 Å². The van der Waals surface area contributed by atoms with Crippen molar-refractivity contribution in [2.45, 2.75) is 52.2 Å². The molecule has 1 amide bonds. The third-order valence-electron chi connectivity index (χ3n) is 5.26. The zero-order valence-corrected chi connectivity index (χ0v) is 18.3.